The number of carbonyl (C=O) groups is 1. The van der Waals surface area contributed by atoms with Crippen LogP contribution in [0.5, 0.6) is 11.5 Å². The monoisotopic (exact) mass is 453 g/mol. The molecule has 1 atom stereocenters. The van der Waals surface area contributed by atoms with Gasteiger partial charge in [0.1, 0.15) is 5.15 Å². The number of halogens is 1. The van der Waals surface area contributed by atoms with Gasteiger partial charge in [-0.05, 0) is 37.1 Å². The number of nitrogens with zero attached hydrogens (tertiary/aromatic N) is 2. The van der Waals surface area contributed by atoms with Gasteiger partial charge in [-0.2, -0.15) is 5.10 Å². The molecule has 1 saturated heterocycles. The van der Waals surface area contributed by atoms with E-state index >= 15 is 0 Å². The molecule has 1 amide bonds. The van der Waals surface area contributed by atoms with Gasteiger partial charge in [0, 0.05) is 18.2 Å². The van der Waals surface area contributed by atoms with Crippen LogP contribution in [-0.2, 0) is 21.2 Å². The third kappa shape index (κ3) is 4.96. The summed E-state index contributed by atoms with van der Waals surface area (Å²) < 4.78 is 35.5. The van der Waals surface area contributed by atoms with E-state index in [0.717, 1.165) is 5.56 Å². The van der Waals surface area contributed by atoms with E-state index in [0.29, 0.717) is 40.9 Å². The quantitative estimate of drug-likeness (QED) is 0.647. The summed E-state index contributed by atoms with van der Waals surface area (Å²) in [4.78, 5) is 12.2. The average Bonchev–Trinajstić information content (AvgIpc) is 3.22. The number of methoxy groups -OCH3 is 2. The fourth-order valence-corrected chi connectivity index (χ4v) is 5.40. The van der Waals surface area contributed by atoms with E-state index in [1.54, 1.807) is 44.0 Å². The SMILES string of the molecule is COc1ccc(CNC(=O)/C=C/c2c(C)nn(C3CCS(=O)(=O)C3)c2Cl)cc1OC. The van der Waals surface area contributed by atoms with Crippen molar-refractivity contribution in [3.8, 4) is 11.5 Å². The van der Waals surface area contributed by atoms with Crippen molar-refractivity contribution in [2.45, 2.75) is 25.9 Å². The molecule has 1 aromatic carbocycles. The molecule has 1 aromatic heterocycles. The summed E-state index contributed by atoms with van der Waals surface area (Å²) >= 11 is 6.42. The number of aryl methyl sites for hydroxylation is 1. The van der Waals surface area contributed by atoms with Crippen LogP contribution >= 0.6 is 11.6 Å². The van der Waals surface area contributed by atoms with Crippen molar-refractivity contribution in [2.24, 2.45) is 0 Å². The molecule has 30 heavy (non-hydrogen) atoms. The highest BCUT2D eigenvalue weighted by atomic mass is 35.5. The van der Waals surface area contributed by atoms with Crippen LogP contribution in [0.4, 0.5) is 0 Å². The van der Waals surface area contributed by atoms with Gasteiger partial charge in [0.25, 0.3) is 0 Å². The largest absolute Gasteiger partial charge is 0.493 e. The number of rotatable bonds is 7. The van der Waals surface area contributed by atoms with E-state index in [4.69, 9.17) is 21.1 Å². The van der Waals surface area contributed by atoms with Crippen molar-refractivity contribution in [2.75, 3.05) is 25.7 Å². The average molecular weight is 454 g/mol. The molecule has 1 aliphatic rings. The molecular formula is C20H24ClN3O5S. The number of sulfone groups is 1. The summed E-state index contributed by atoms with van der Waals surface area (Å²) in [5.74, 6) is 1.07. The lowest BCUT2D eigenvalue weighted by molar-refractivity contribution is -0.116. The Morgan fingerprint density at radius 1 is 1.33 bits per heavy atom. The van der Waals surface area contributed by atoms with Crippen molar-refractivity contribution in [1.29, 1.82) is 0 Å². The van der Waals surface area contributed by atoms with Crippen molar-refractivity contribution in [3.05, 3.63) is 46.2 Å². The molecular weight excluding hydrogens is 430 g/mol. The predicted octanol–water partition coefficient (Wildman–Crippen LogP) is 2.55. The van der Waals surface area contributed by atoms with E-state index in [1.807, 2.05) is 6.07 Å². The molecule has 3 rings (SSSR count). The Labute approximate surface area is 180 Å². The molecule has 0 spiro atoms. The molecule has 162 valence electrons. The molecule has 1 unspecified atom stereocenters. The zero-order chi connectivity index (χ0) is 21.9. The Hall–Kier alpha value is -2.52. The standard InChI is InChI=1S/C20H24ClN3O5S/c1-13-16(20(21)24(23-13)15-8-9-30(26,27)12-15)5-7-19(25)22-11-14-4-6-17(28-2)18(10-14)29-3/h4-7,10,15H,8-9,11-12H2,1-3H3,(H,22,25)/b7-5+. The zero-order valence-corrected chi connectivity index (χ0v) is 18.6. The van der Waals surface area contributed by atoms with E-state index in [2.05, 4.69) is 10.4 Å². The van der Waals surface area contributed by atoms with Gasteiger partial charge in [-0.1, -0.05) is 17.7 Å². The van der Waals surface area contributed by atoms with Crippen molar-refractivity contribution in [3.63, 3.8) is 0 Å². The maximum absolute atomic E-state index is 12.2. The van der Waals surface area contributed by atoms with Crippen LogP contribution in [0.15, 0.2) is 24.3 Å². The molecule has 1 N–H and O–H groups in total. The van der Waals surface area contributed by atoms with E-state index < -0.39 is 9.84 Å². The number of ether oxygens (including phenoxy) is 2. The Bertz CT molecular complexity index is 1080. The summed E-state index contributed by atoms with van der Waals surface area (Å²) in [5.41, 5.74) is 2.09. The van der Waals surface area contributed by atoms with E-state index in [9.17, 15) is 13.2 Å². The van der Waals surface area contributed by atoms with Crippen LogP contribution in [0.3, 0.4) is 0 Å². The minimum atomic E-state index is -3.05. The molecule has 2 heterocycles. The molecule has 1 aliphatic heterocycles. The first-order chi connectivity index (χ1) is 14.2. The second kappa shape index (κ2) is 9.09. The molecule has 2 aromatic rings. The van der Waals surface area contributed by atoms with Gasteiger partial charge in [-0.3, -0.25) is 4.79 Å². The van der Waals surface area contributed by atoms with Gasteiger partial charge in [0.2, 0.25) is 5.91 Å². The molecule has 0 radical (unpaired) electrons. The number of aromatic nitrogens is 2. The number of hydrogen-bond acceptors (Lipinski definition) is 6. The Kier molecular flexibility index (Phi) is 6.72. The normalized spacial score (nSPS) is 17.9. The summed E-state index contributed by atoms with van der Waals surface area (Å²) in [6.07, 6.45) is 3.46. The van der Waals surface area contributed by atoms with Crippen molar-refractivity contribution >= 4 is 33.4 Å². The third-order valence-electron chi connectivity index (χ3n) is 4.94. The van der Waals surface area contributed by atoms with E-state index in [1.165, 1.54) is 6.08 Å². The van der Waals surface area contributed by atoms with Gasteiger partial charge >= 0.3 is 0 Å². The zero-order valence-electron chi connectivity index (χ0n) is 17.0. The summed E-state index contributed by atoms with van der Waals surface area (Å²) in [5, 5.41) is 7.51. The van der Waals surface area contributed by atoms with Gasteiger partial charge < -0.3 is 14.8 Å². The van der Waals surface area contributed by atoms with Crippen LogP contribution < -0.4 is 14.8 Å². The predicted molar refractivity (Wildman–Crippen MR) is 115 cm³/mol. The second-order valence-corrected chi connectivity index (χ2v) is 9.62. The maximum atomic E-state index is 12.2. The highest BCUT2D eigenvalue weighted by molar-refractivity contribution is 7.91. The maximum Gasteiger partial charge on any atom is 0.244 e. The van der Waals surface area contributed by atoms with Crippen LogP contribution in [0.25, 0.3) is 6.08 Å². The lowest BCUT2D eigenvalue weighted by Gasteiger charge is -2.10. The molecule has 1 fully saturated rings. The molecule has 8 nitrogen and oxygen atoms in total. The van der Waals surface area contributed by atoms with Gasteiger partial charge in [-0.15, -0.1) is 0 Å². The number of amides is 1. The molecule has 0 bridgehead atoms. The smallest absolute Gasteiger partial charge is 0.244 e. The number of carbonyl (C=O) groups excluding carboxylic acids is 1. The molecule has 10 heteroatoms. The highest BCUT2D eigenvalue weighted by Gasteiger charge is 2.31. The van der Waals surface area contributed by atoms with Crippen LogP contribution in [0, 0.1) is 6.92 Å². The first kappa shape index (κ1) is 22.2. The Morgan fingerprint density at radius 2 is 2.07 bits per heavy atom. The first-order valence-corrected chi connectivity index (χ1v) is 11.6. The molecule has 0 saturated carbocycles. The van der Waals surface area contributed by atoms with Crippen LogP contribution in [0.2, 0.25) is 5.15 Å². The lowest BCUT2D eigenvalue weighted by Crippen LogP contribution is -2.20. The summed E-state index contributed by atoms with van der Waals surface area (Å²) in [6, 6.07) is 5.13. The number of hydrogen-bond donors (Lipinski definition) is 1. The summed E-state index contributed by atoms with van der Waals surface area (Å²) in [6.45, 7) is 2.09. The Morgan fingerprint density at radius 3 is 2.70 bits per heavy atom. The fraction of sp³-hybridized carbons (Fsp3) is 0.400. The minimum absolute atomic E-state index is 0.0306. The topological polar surface area (TPSA) is 99.5 Å². The van der Waals surface area contributed by atoms with Gasteiger partial charge in [-0.25, -0.2) is 13.1 Å². The fourth-order valence-electron chi connectivity index (χ4n) is 3.33. The Balaban J connectivity index is 1.65. The van der Waals surface area contributed by atoms with Gasteiger partial charge in [0.15, 0.2) is 21.3 Å². The minimum Gasteiger partial charge on any atom is -0.493 e. The first-order valence-electron chi connectivity index (χ1n) is 9.36. The van der Waals surface area contributed by atoms with Crippen LogP contribution in [-0.4, -0.2) is 49.8 Å². The third-order valence-corrected chi connectivity index (χ3v) is 7.07. The molecule has 0 aliphatic carbocycles. The second-order valence-electron chi connectivity index (χ2n) is 7.03. The highest BCUT2D eigenvalue weighted by Crippen LogP contribution is 2.30. The van der Waals surface area contributed by atoms with Crippen molar-refractivity contribution in [1.82, 2.24) is 15.1 Å². The van der Waals surface area contributed by atoms with Gasteiger partial charge in [0.05, 0.1) is 37.5 Å². The lowest BCUT2D eigenvalue weighted by atomic mass is 10.2. The van der Waals surface area contributed by atoms with Crippen LogP contribution in [0.1, 0.15) is 29.3 Å². The van der Waals surface area contributed by atoms with Crippen molar-refractivity contribution < 1.29 is 22.7 Å². The summed E-state index contributed by atoms with van der Waals surface area (Å²) in [7, 11) is 0.0609. The number of nitrogens with one attached hydrogen (secondary N) is 1. The number of benzene rings is 1. The van der Waals surface area contributed by atoms with E-state index in [-0.39, 0.29) is 23.5 Å².